The van der Waals surface area contributed by atoms with Crippen LogP contribution in [-0.4, -0.2) is 27.1 Å². The highest BCUT2D eigenvalue weighted by molar-refractivity contribution is 7.89. The maximum Gasteiger partial charge on any atom is 0.241 e. The lowest BCUT2D eigenvalue weighted by Gasteiger charge is -2.42. The fourth-order valence-corrected chi connectivity index (χ4v) is 4.70. The normalized spacial score (nSPS) is 25.9. The van der Waals surface area contributed by atoms with Crippen LogP contribution in [0.2, 0.25) is 0 Å². The van der Waals surface area contributed by atoms with Gasteiger partial charge in [0, 0.05) is 18.2 Å². The molecule has 1 saturated carbocycles. The van der Waals surface area contributed by atoms with Crippen molar-refractivity contribution in [1.82, 2.24) is 4.72 Å². The quantitative estimate of drug-likeness (QED) is 0.840. The third-order valence-corrected chi connectivity index (χ3v) is 6.13. The van der Waals surface area contributed by atoms with Gasteiger partial charge in [0.25, 0.3) is 0 Å². The third kappa shape index (κ3) is 3.62. The molecule has 0 amide bonds. The summed E-state index contributed by atoms with van der Waals surface area (Å²) >= 11 is 0. The van der Waals surface area contributed by atoms with E-state index >= 15 is 0 Å². The molecule has 22 heavy (non-hydrogen) atoms. The van der Waals surface area contributed by atoms with Crippen molar-refractivity contribution < 1.29 is 13.2 Å². The molecule has 1 aromatic carbocycles. The van der Waals surface area contributed by atoms with E-state index in [4.69, 9.17) is 10.5 Å². The Kier molecular flexibility index (Phi) is 5.47. The molecule has 1 aliphatic carbocycles. The number of hydrogen-bond acceptors (Lipinski definition) is 4. The first-order chi connectivity index (χ1) is 10.4. The topological polar surface area (TPSA) is 81.4 Å². The average molecular weight is 326 g/mol. The van der Waals surface area contributed by atoms with Gasteiger partial charge in [-0.2, -0.15) is 0 Å². The molecule has 0 heterocycles. The van der Waals surface area contributed by atoms with Gasteiger partial charge in [-0.05, 0) is 37.8 Å². The summed E-state index contributed by atoms with van der Waals surface area (Å²) in [6.45, 7) is 4.76. The highest BCUT2D eigenvalue weighted by Crippen LogP contribution is 2.34. The average Bonchev–Trinajstić information content (AvgIpc) is 2.50. The van der Waals surface area contributed by atoms with E-state index < -0.39 is 15.6 Å². The third-order valence-electron chi connectivity index (χ3n) is 4.58. The Morgan fingerprint density at radius 1 is 1.41 bits per heavy atom. The molecule has 2 rings (SSSR count). The van der Waals surface area contributed by atoms with Crippen LogP contribution in [0, 0.1) is 5.92 Å². The Balaban J connectivity index is 2.28. The van der Waals surface area contributed by atoms with Crippen LogP contribution in [0.15, 0.2) is 29.2 Å². The van der Waals surface area contributed by atoms with Crippen molar-refractivity contribution >= 4 is 10.0 Å². The van der Waals surface area contributed by atoms with Crippen molar-refractivity contribution in [2.45, 2.75) is 50.0 Å². The molecule has 1 aliphatic rings. The molecule has 2 unspecified atom stereocenters. The summed E-state index contributed by atoms with van der Waals surface area (Å²) in [6, 6.07) is 6.59. The summed E-state index contributed by atoms with van der Waals surface area (Å²) in [6.07, 6.45) is 3.92. The first-order valence-electron chi connectivity index (χ1n) is 7.90. The largest absolute Gasteiger partial charge is 0.494 e. The Morgan fingerprint density at radius 3 is 2.82 bits per heavy atom. The van der Waals surface area contributed by atoms with Crippen molar-refractivity contribution in [2.75, 3.05) is 13.2 Å². The molecular weight excluding hydrogens is 300 g/mol. The molecule has 0 radical (unpaired) electrons. The predicted octanol–water partition coefficient (Wildman–Crippen LogP) is 2.27. The molecule has 0 saturated heterocycles. The van der Waals surface area contributed by atoms with Gasteiger partial charge in [-0.25, -0.2) is 13.1 Å². The minimum absolute atomic E-state index is 0.226. The summed E-state index contributed by atoms with van der Waals surface area (Å²) in [7, 11) is -3.61. The van der Waals surface area contributed by atoms with Crippen LogP contribution in [0.25, 0.3) is 0 Å². The molecule has 0 spiro atoms. The maximum atomic E-state index is 12.7. The number of benzene rings is 1. The van der Waals surface area contributed by atoms with Gasteiger partial charge in [0.05, 0.1) is 11.5 Å². The van der Waals surface area contributed by atoms with Crippen LogP contribution < -0.4 is 15.2 Å². The summed E-state index contributed by atoms with van der Waals surface area (Å²) in [5.74, 6) is 0.792. The predicted molar refractivity (Wildman–Crippen MR) is 87.3 cm³/mol. The van der Waals surface area contributed by atoms with Crippen LogP contribution in [0.4, 0.5) is 0 Å². The van der Waals surface area contributed by atoms with E-state index in [0.29, 0.717) is 18.9 Å². The van der Waals surface area contributed by atoms with Crippen molar-refractivity contribution in [2.24, 2.45) is 11.7 Å². The highest BCUT2D eigenvalue weighted by Gasteiger charge is 2.40. The molecule has 1 aromatic rings. The van der Waals surface area contributed by atoms with Crippen molar-refractivity contribution in [3.63, 3.8) is 0 Å². The second-order valence-corrected chi connectivity index (χ2v) is 7.70. The maximum absolute atomic E-state index is 12.7. The second-order valence-electron chi connectivity index (χ2n) is 6.02. The van der Waals surface area contributed by atoms with E-state index in [1.165, 1.54) is 0 Å². The van der Waals surface area contributed by atoms with Gasteiger partial charge in [0.2, 0.25) is 10.0 Å². The van der Waals surface area contributed by atoms with Crippen LogP contribution >= 0.6 is 0 Å². The summed E-state index contributed by atoms with van der Waals surface area (Å²) < 4.78 is 33.8. The van der Waals surface area contributed by atoms with E-state index in [1.807, 2.05) is 6.92 Å². The molecule has 0 aliphatic heterocycles. The van der Waals surface area contributed by atoms with Gasteiger partial charge in [-0.15, -0.1) is 0 Å². The van der Waals surface area contributed by atoms with Crippen LogP contribution in [0.5, 0.6) is 5.75 Å². The van der Waals surface area contributed by atoms with E-state index in [0.717, 1.165) is 25.7 Å². The molecule has 5 nitrogen and oxygen atoms in total. The van der Waals surface area contributed by atoms with Gasteiger partial charge in [-0.1, -0.05) is 25.8 Å². The minimum Gasteiger partial charge on any atom is -0.494 e. The zero-order valence-electron chi connectivity index (χ0n) is 13.3. The number of rotatable bonds is 6. The second kappa shape index (κ2) is 6.98. The lowest BCUT2D eigenvalue weighted by molar-refractivity contribution is 0.191. The Bertz CT molecular complexity index is 603. The van der Waals surface area contributed by atoms with Crippen molar-refractivity contribution in [3.05, 3.63) is 24.3 Å². The fourth-order valence-electron chi connectivity index (χ4n) is 3.13. The first kappa shape index (κ1) is 17.2. The Hall–Kier alpha value is -1.11. The first-order valence-corrected chi connectivity index (χ1v) is 9.39. The number of nitrogens with two attached hydrogens (primary N) is 1. The zero-order valence-corrected chi connectivity index (χ0v) is 14.2. The Labute approximate surface area is 133 Å². The van der Waals surface area contributed by atoms with E-state index in [9.17, 15) is 8.42 Å². The number of nitrogens with one attached hydrogen (secondary N) is 1. The lowest BCUT2D eigenvalue weighted by Crippen LogP contribution is -2.58. The van der Waals surface area contributed by atoms with Gasteiger partial charge >= 0.3 is 0 Å². The molecular formula is C16H26N2O3S. The molecule has 124 valence electrons. The Morgan fingerprint density at radius 2 is 2.18 bits per heavy atom. The van der Waals surface area contributed by atoms with Crippen molar-refractivity contribution in [3.8, 4) is 5.75 Å². The monoisotopic (exact) mass is 326 g/mol. The fraction of sp³-hybridized carbons (Fsp3) is 0.625. The molecule has 0 bridgehead atoms. The van der Waals surface area contributed by atoms with Gasteiger partial charge < -0.3 is 10.5 Å². The highest BCUT2D eigenvalue weighted by atomic mass is 32.2. The van der Waals surface area contributed by atoms with Crippen LogP contribution in [-0.2, 0) is 10.0 Å². The summed E-state index contributed by atoms with van der Waals surface area (Å²) in [5.41, 5.74) is 5.40. The van der Waals surface area contributed by atoms with Crippen molar-refractivity contribution in [1.29, 1.82) is 0 Å². The summed E-state index contributed by atoms with van der Waals surface area (Å²) in [5, 5.41) is 0. The van der Waals surface area contributed by atoms with Crippen LogP contribution in [0.3, 0.4) is 0 Å². The van der Waals surface area contributed by atoms with E-state index in [-0.39, 0.29) is 10.8 Å². The molecule has 1 fully saturated rings. The smallest absolute Gasteiger partial charge is 0.241 e. The SMILES string of the molecule is CCOc1cccc(S(=O)(=O)NC2(CN)CCCCC2C)c1. The minimum atomic E-state index is -3.61. The number of ether oxygens (including phenoxy) is 1. The number of hydrogen-bond donors (Lipinski definition) is 2. The van der Waals surface area contributed by atoms with E-state index in [1.54, 1.807) is 24.3 Å². The van der Waals surface area contributed by atoms with Gasteiger partial charge in [0.15, 0.2) is 0 Å². The molecule has 0 aromatic heterocycles. The van der Waals surface area contributed by atoms with E-state index in [2.05, 4.69) is 11.6 Å². The van der Waals surface area contributed by atoms with Crippen LogP contribution in [0.1, 0.15) is 39.5 Å². The molecule has 6 heteroatoms. The van der Waals surface area contributed by atoms with Gasteiger partial charge in [-0.3, -0.25) is 0 Å². The van der Waals surface area contributed by atoms with Gasteiger partial charge in [0.1, 0.15) is 5.75 Å². The molecule has 2 atom stereocenters. The lowest BCUT2D eigenvalue weighted by atomic mass is 9.74. The summed E-state index contributed by atoms with van der Waals surface area (Å²) in [4.78, 5) is 0.226. The number of sulfonamides is 1. The zero-order chi connectivity index (χ0) is 16.2. The standard InChI is InChI=1S/C16H26N2O3S/c1-3-21-14-8-6-9-15(11-14)22(19,20)18-16(12-17)10-5-4-7-13(16)2/h6,8-9,11,13,18H,3-5,7,10,12,17H2,1-2H3. The molecule has 3 N–H and O–H groups in total.